The number of hydrogen-bond donors (Lipinski definition) is 1. The van der Waals surface area contributed by atoms with Crippen molar-refractivity contribution in [2.75, 3.05) is 5.32 Å². The van der Waals surface area contributed by atoms with E-state index < -0.39 is 0 Å². The summed E-state index contributed by atoms with van der Waals surface area (Å²) in [5.41, 5.74) is 4.62. The predicted molar refractivity (Wildman–Crippen MR) is 94.0 cm³/mol. The van der Waals surface area contributed by atoms with Gasteiger partial charge in [0.05, 0.1) is 17.9 Å². The summed E-state index contributed by atoms with van der Waals surface area (Å²) in [6.07, 6.45) is 0. The van der Waals surface area contributed by atoms with Crippen LogP contribution in [0.5, 0.6) is 0 Å². The Balaban J connectivity index is 1.90. The number of aromatic nitrogens is 2. The zero-order valence-corrected chi connectivity index (χ0v) is 14.8. The molecular formula is C14H13ClIN3S. The largest absolute Gasteiger partial charge is 0.379 e. The van der Waals surface area contributed by atoms with E-state index in [2.05, 4.69) is 56.5 Å². The summed E-state index contributed by atoms with van der Waals surface area (Å²) in [5.74, 6) is 0. The second-order valence-corrected chi connectivity index (χ2v) is 7.05. The van der Waals surface area contributed by atoms with Crippen LogP contribution >= 0.6 is 45.5 Å². The Morgan fingerprint density at radius 1 is 1.40 bits per heavy atom. The SMILES string of the molecule is Cc1nc2scc(C)n2c1CNc1ccc(Cl)cc1I. The maximum Gasteiger partial charge on any atom is 0.194 e. The molecular weight excluding hydrogens is 405 g/mol. The molecule has 0 atom stereocenters. The van der Waals surface area contributed by atoms with Gasteiger partial charge in [-0.05, 0) is 54.6 Å². The maximum atomic E-state index is 5.98. The molecule has 0 saturated carbocycles. The van der Waals surface area contributed by atoms with Gasteiger partial charge < -0.3 is 5.32 Å². The maximum absolute atomic E-state index is 5.98. The van der Waals surface area contributed by atoms with E-state index in [4.69, 9.17) is 11.6 Å². The molecule has 1 N–H and O–H groups in total. The highest BCUT2D eigenvalue weighted by Gasteiger charge is 2.12. The van der Waals surface area contributed by atoms with Crippen LogP contribution in [0.15, 0.2) is 23.6 Å². The number of hydrogen-bond acceptors (Lipinski definition) is 3. The molecule has 2 heterocycles. The van der Waals surface area contributed by atoms with E-state index in [1.165, 1.54) is 11.4 Å². The average molecular weight is 418 g/mol. The summed E-state index contributed by atoms with van der Waals surface area (Å²) < 4.78 is 3.34. The fourth-order valence-electron chi connectivity index (χ4n) is 2.19. The van der Waals surface area contributed by atoms with Crippen LogP contribution < -0.4 is 5.32 Å². The number of rotatable bonds is 3. The zero-order valence-electron chi connectivity index (χ0n) is 11.1. The van der Waals surface area contributed by atoms with Crippen LogP contribution in [0.3, 0.4) is 0 Å². The Hall–Kier alpha value is -0.790. The van der Waals surface area contributed by atoms with Gasteiger partial charge in [-0.2, -0.15) is 0 Å². The van der Waals surface area contributed by atoms with Gasteiger partial charge in [0.2, 0.25) is 0 Å². The molecule has 0 unspecified atom stereocenters. The Kier molecular flexibility index (Phi) is 3.92. The minimum atomic E-state index is 0.752. The number of thiazole rings is 1. The number of anilines is 1. The lowest BCUT2D eigenvalue weighted by Gasteiger charge is -2.09. The van der Waals surface area contributed by atoms with E-state index >= 15 is 0 Å². The van der Waals surface area contributed by atoms with Gasteiger partial charge in [0.15, 0.2) is 4.96 Å². The molecule has 0 spiro atoms. The summed E-state index contributed by atoms with van der Waals surface area (Å²) in [5, 5.41) is 6.37. The molecule has 0 fully saturated rings. The van der Waals surface area contributed by atoms with Gasteiger partial charge in [-0.1, -0.05) is 11.6 Å². The van der Waals surface area contributed by atoms with Crippen LogP contribution in [0.2, 0.25) is 5.02 Å². The highest BCUT2D eigenvalue weighted by Crippen LogP contribution is 2.25. The fourth-order valence-corrected chi connectivity index (χ4v) is 4.18. The van der Waals surface area contributed by atoms with Crippen molar-refractivity contribution < 1.29 is 0 Å². The molecule has 0 aliphatic carbocycles. The molecule has 0 aliphatic rings. The van der Waals surface area contributed by atoms with Crippen LogP contribution in [-0.4, -0.2) is 9.38 Å². The first-order chi connectivity index (χ1) is 9.56. The van der Waals surface area contributed by atoms with E-state index in [-0.39, 0.29) is 0 Å². The average Bonchev–Trinajstić information content (AvgIpc) is 2.89. The minimum Gasteiger partial charge on any atom is -0.379 e. The van der Waals surface area contributed by atoms with Crippen LogP contribution in [0.1, 0.15) is 17.1 Å². The molecule has 6 heteroatoms. The number of benzene rings is 1. The monoisotopic (exact) mass is 417 g/mol. The number of halogens is 2. The van der Waals surface area contributed by atoms with E-state index in [1.807, 2.05) is 18.2 Å². The van der Waals surface area contributed by atoms with E-state index in [0.717, 1.165) is 31.5 Å². The number of aryl methyl sites for hydroxylation is 2. The summed E-state index contributed by atoms with van der Waals surface area (Å²) in [6, 6.07) is 5.87. The number of fused-ring (bicyclic) bond motifs is 1. The van der Waals surface area contributed by atoms with Gasteiger partial charge in [-0.15, -0.1) is 11.3 Å². The van der Waals surface area contributed by atoms with Gasteiger partial charge >= 0.3 is 0 Å². The van der Waals surface area contributed by atoms with Crippen molar-refractivity contribution in [2.45, 2.75) is 20.4 Å². The van der Waals surface area contributed by atoms with Gasteiger partial charge in [0, 0.05) is 25.4 Å². The predicted octanol–water partition coefficient (Wildman–Crippen LogP) is 4.88. The summed E-state index contributed by atoms with van der Waals surface area (Å²) in [4.78, 5) is 5.66. The van der Waals surface area contributed by atoms with Crippen LogP contribution in [0.4, 0.5) is 5.69 Å². The first-order valence-electron chi connectivity index (χ1n) is 6.17. The summed E-state index contributed by atoms with van der Waals surface area (Å²) >= 11 is 9.95. The second-order valence-electron chi connectivity index (χ2n) is 4.62. The molecule has 3 nitrogen and oxygen atoms in total. The first-order valence-corrected chi connectivity index (χ1v) is 8.51. The van der Waals surface area contributed by atoms with Crippen molar-refractivity contribution in [3.8, 4) is 0 Å². The van der Waals surface area contributed by atoms with Crippen molar-refractivity contribution in [1.82, 2.24) is 9.38 Å². The lowest BCUT2D eigenvalue weighted by atomic mass is 10.3. The number of nitrogens with zero attached hydrogens (tertiary/aromatic N) is 2. The molecule has 0 bridgehead atoms. The molecule has 0 aliphatic heterocycles. The third-order valence-electron chi connectivity index (χ3n) is 3.21. The molecule has 1 aromatic carbocycles. The smallest absolute Gasteiger partial charge is 0.194 e. The van der Waals surface area contributed by atoms with Crippen molar-refractivity contribution >= 4 is 56.2 Å². The van der Waals surface area contributed by atoms with Crippen LogP contribution in [-0.2, 0) is 6.54 Å². The minimum absolute atomic E-state index is 0.752. The first kappa shape index (κ1) is 14.2. The van der Waals surface area contributed by atoms with E-state index in [9.17, 15) is 0 Å². The molecule has 104 valence electrons. The Bertz CT molecular complexity index is 778. The molecule has 0 saturated heterocycles. The van der Waals surface area contributed by atoms with Crippen molar-refractivity contribution in [1.29, 1.82) is 0 Å². The van der Waals surface area contributed by atoms with Crippen LogP contribution in [0, 0.1) is 17.4 Å². The Morgan fingerprint density at radius 3 is 2.95 bits per heavy atom. The van der Waals surface area contributed by atoms with Crippen molar-refractivity contribution in [3.63, 3.8) is 0 Å². The van der Waals surface area contributed by atoms with Gasteiger partial charge in [0.1, 0.15) is 0 Å². The van der Waals surface area contributed by atoms with Gasteiger partial charge in [-0.25, -0.2) is 4.98 Å². The fraction of sp³-hybridized carbons (Fsp3) is 0.214. The molecule has 0 amide bonds. The number of nitrogens with one attached hydrogen (secondary N) is 1. The van der Waals surface area contributed by atoms with Gasteiger partial charge in [0.25, 0.3) is 0 Å². The molecule has 3 rings (SSSR count). The topological polar surface area (TPSA) is 29.3 Å². The lowest BCUT2D eigenvalue weighted by Crippen LogP contribution is -2.05. The Morgan fingerprint density at radius 2 is 2.20 bits per heavy atom. The number of imidazole rings is 1. The summed E-state index contributed by atoms with van der Waals surface area (Å²) in [7, 11) is 0. The van der Waals surface area contributed by atoms with Crippen molar-refractivity contribution in [3.05, 3.63) is 49.3 Å². The highest BCUT2D eigenvalue weighted by molar-refractivity contribution is 14.1. The zero-order chi connectivity index (χ0) is 14.3. The molecule has 2 aromatic heterocycles. The van der Waals surface area contributed by atoms with Crippen molar-refractivity contribution in [2.24, 2.45) is 0 Å². The Labute approximate surface area is 140 Å². The van der Waals surface area contributed by atoms with E-state index in [0.29, 0.717) is 0 Å². The third-order valence-corrected chi connectivity index (χ3v) is 5.28. The normalized spacial score (nSPS) is 11.2. The van der Waals surface area contributed by atoms with Gasteiger partial charge in [-0.3, -0.25) is 4.40 Å². The molecule has 0 radical (unpaired) electrons. The van der Waals surface area contributed by atoms with Crippen LogP contribution in [0.25, 0.3) is 4.96 Å². The highest BCUT2D eigenvalue weighted by atomic mass is 127. The lowest BCUT2D eigenvalue weighted by molar-refractivity contribution is 0.965. The van der Waals surface area contributed by atoms with E-state index in [1.54, 1.807) is 11.3 Å². The summed E-state index contributed by atoms with van der Waals surface area (Å²) in [6.45, 7) is 4.92. The molecule has 20 heavy (non-hydrogen) atoms. The second kappa shape index (κ2) is 5.54. The molecule has 3 aromatic rings. The third kappa shape index (κ3) is 2.54. The quantitative estimate of drug-likeness (QED) is 0.615. The standard InChI is InChI=1S/C14H13ClIN3S/c1-8-7-20-14-18-9(2)13(19(8)14)6-17-12-4-3-10(15)5-11(12)16/h3-5,7,17H,6H2,1-2H3.